The van der Waals surface area contributed by atoms with E-state index in [1.807, 2.05) is 6.92 Å². The molecule has 0 saturated heterocycles. The summed E-state index contributed by atoms with van der Waals surface area (Å²) < 4.78 is 18.6. The maximum Gasteiger partial charge on any atom is 0.314 e. The quantitative estimate of drug-likeness (QED) is 0.432. The zero-order valence-electron chi connectivity index (χ0n) is 10.1. The summed E-state index contributed by atoms with van der Waals surface area (Å²) in [5.74, 6) is -0.107. The second-order valence-corrected chi connectivity index (χ2v) is 4.44. The summed E-state index contributed by atoms with van der Waals surface area (Å²) in [5.41, 5.74) is -0.347. The van der Waals surface area contributed by atoms with Crippen molar-refractivity contribution in [3.8, 4) is 5.75 Å². The van der Waals surface area contributed by atoms with Crippen molar-refractivity contribution in [1.82, 2.24) is 0 Å². The Balaban J connectivity index is 2.64. The minimum Gasteiger partial charge on any atom is -0.485 e. The smallest absolute Gasteiger partial charge is 0.314 e. The van der Waals surface area contributed by atoms with E-state index in [4.69, 9.17) is 16.3 Å². The first-order chi connectivity index (χ1) is 8.56. The highest BCUT2D eigenvalue weighted by molar-refractivity contribution is 6.17. The van der Waals surface area contributed by atoms with Gasteiger partial charge in [0.05, 0.1) is 11.5 Å². The van der Waals surface area contributed by atoms with E-state index in [2.05, 4.69) is 0 Å². The number of hydrogen-bond acceptors (Lipinski definition) is 3. The van der Waals surface area contributed by atoms with Gasteiger partial charge in [0.15, 0.2) is 5.82 Å². The standard InChI is InChI=1S/C12H15ClFNO3/c1-9(5-7-13)6-8-18-12-10(14)3-2-4-11(12)15(16)17/h2-4,9H,5-8H2,1H3. The lowest BCUT2D eigenvalue weighted by Crippen LogP contribution is -2.07. The number of alkyl halides is 1. The highest BCUT2D eigenvalue weighted by atomic mass is 35.5. The molecule has 0 heterocycles. The third kappa shape index (κ3) is 4.14. The van der Waals surface area contributed by atoms with E-state index in [9.17, 15) is 14.5 Å². The number of para-hydroxylation sites is 1. The van der Waals surface area contributed by atoms with Crippen LogP contribution in [-0.4, -0.2) is 17.4 Å². The molecule has 0 radical (unpaired) electrons. The number of nitro groups is 1. The molecular formula is C12H15ClFNO3. The molecular weight excluding hydrogens is 261 g/mol. The van der Waals surface area contributed by atoms with Crippen LogP contribution in [0, 0.1) is 21.8 Å². The SMILES string of the molecule is CC(CCCl)CCOc1c(F)cccc1[N+](=O)[O-]. The van der Waals surface area contributed by atoms with Crippen molar-refractivity contribution in [3.63, 3.8) is 0 Å². The van der Waals surface area contributed by atoms with E-state index in [0.29, 0.717) is 18.2 Å². The normalized spacial score (nSPS) is 12.2. The van der Waals surface area contributed by atoms with Crippen LogP contribution in [0.4, 0.5) is 10.1 Å². The summed E-state index contributed by atoms with van der Waals surface area (Å²) >= 11 is 5.59. The molecule has 1 aromatic rings. The minimum atomic E-state index is -0.714. The molecule has 6 heteroatoms. The number of nitro benzene ring substituents is 1. The maximum absolute atomic E-state index is 13.4. The van der Waals surface area contributed by atoms with Crippen LogP contribution in [0.5, 0.6) is 5.75 Å². The summed E-state index contributed by atoms with van der Waals surface area (Å²) in [4.78, 5) is 10.1. The minimum absolute atomic E-state index is 0.236. The second-order valence-electron chi connectivity index (χ2n) is 4.07. The topological polar surface area (TPSA) is 52.4 Å². The Morgan fingerprint density at radius 2 is 2.22 bits per heavy atom. The lowest BCUT2D eigenvalue weighted by molar-refractivity contribution is -0.386. The molecule has 0 N–H and O–H groups in total. The van der Waals surface area contributed by atoms with Crippen molar-refractivity contribution in [2.75, 3.05) is 12.5 Å². The van der Waals surface area contributed by atoms with Crippen LogP contribution in [-0.2, 0) is 0 Å². The third-order valence-corrected chi connectivity index (χ3v) is 2.82. The Kier molecular flexibility index (Phi) is 5.85. The molecule has 0 saturated carbocycles. The monoisotopic (exact) mass is 275 g/mol. The van der Waals surface area contributed by atoms with Gasteiger partial charge in [-0.3, -0.25) is 10.1 Å². The van der Waals surface area contributed by atoms with Crippen LogP contribution < -0.4 is 4.74 Å². The summed E-state index contributed by atoms with van der Waals surface area (Å²) in [5, 5.41) is 10.7. The molecule has 4 nitrogen and oxygen atoms in total. The van der Waals surface area contributed by atoms with Gasteiger partial charge in [0.1, 0.15) is 0 Å². The van der Waals surface area contributed by atoms with Gasteiger partial charge in [0.2, 0.25) is 5.75 Å². The number of nitrogens with zero attached hydrogens (tertiary/aromatic N) is 1. The fourth-order valence-corrected chi connectivity index (χ4v) is 1.85. The summed E-state index contributed by atoms with van der Waals surface area (Å²) in [6, 6.07) is 3.65. The van der Waals surface area contributed by atoms with E-state index in [1.165, 1.54) is 12.1 Å². The fraction of sp³-hybridized carbons (Fsp3) is 0.500. The van der Waals surface area contributed by atoms with Gasteiger partial charge in [-0.1, -0.05) is 13.0 Å². The van der Waals surface area contributed by atoms with Gasteiger partial charge in [-0.05, 0) is 24.8 Å². The number of benzene rings is 1. The van der Waals surface area contributed by atoms with Gasteiger partial charge < -0.3 is 4.74 Å². The predicted octanol–water partition coefficient (Wildman–Crippen LogP) is 3.77. The molecule has 1 aromatic carbocycles. The Hall–Kier alpha value is -1.36. The van der Waals surface area contributed by atoms with E-state index in [1.54, 1.807) is 0 Å². The molecule has 0 fully saturated rings. The molecule has 0 aromatic heterocycles. The van der Waals surface area contributed by atoms with Crippen molar-refractivity contribution in [3.05, 3.63) is 34.1 Å². The second kappa shape index (κ2) is 7.16. The number of hydrogen-bond donors (Lipinski definition) is 0. The summed E-state index contributed by atoms with van der Waals surface area (Å²) in [7, 11) is 0. The zero-order chi connectivity index (χ0) is 13.5. The van der Waals surface area contributed by atoms with Crippen molar-refractivity contribution < 1.29 is 14.1 Å². The maximum atomic E-state index is 13.4. The molecule has 0 spiro atoms. The highest BCUT2D eigenvalue weighted by Crippen LogP contribution is 2.29. The average Bonchev–Trinajstić information content (AvgIpc) is 2.31. The molecule has 0 bridgehead atoms. The van der Waals surface area contributed by atoms with E-state index in [0.717, 1.165) is 12.5 Å². The Labute approximate surface area is 110 Å². The zero-order valence-corrected chi connectivity index (χ0v) is 10.8. The van der Waals surface area contributed by atoms with Gasteiger partial charge >= 0.3 is 5.69 Å². The lowest BCUT2D eigenvalue weighted by atomic mass is 10.1. The van der Waals surface area contributed by atoms with Crippen molar-refractivity contribution in [2.45, 2.75) is 19.8 Å². The first-order valence-corrected chi connectivity index (χ1v) is 6.21. The van der Waals surface area contributed by atoms with Crippen LogP contribution in [0.15, 0.2) is 18.2 Å². The van der Waals surface area contributed by atoms with Gasteiger partial charge in [-0.15, -0.1) is 11.6 Å². The van der Waals surface area contributed by atoms with E-state index >= 15 is 0 Å². The van der Waals surface area contributed by atoms with Gasteiger partial charge in [0, 0.05) is 11.9 Å². The molecule has 1 rings (SSSR count). The average molecular weight is 276 g/mol. The number of halogens is 2. The van der Waals surface area contributed by atoms with Crippen molar-refractivity contribution in [1.29, 1.82) is 0 Å². The molecule has 0 aliphatic rings. The van der Waals surface area contributed by atoms with Crippen LogP contribution in [0.25, 0.3) is 0 Å². The molecule has 1 atom stereocenters. The van der Waals surface area contributed by atoms with Gasteiger partial charge in [-0.25, -0.2) is 4.39 Å². The van der Waals surface area contributed by atoms with Crippen molar-refractivity contribution in [2.24, 2.45) is 5.92 Å². The number of ether oxygens (including phenoxy) is 1. The molecule has 0 aliphatic carbocycles. The van der Waals surface area contributed by atoms with Gasteiger partial charge in [-0.2, -0.15) is 0 Å². The first kappa shape index (κ1) is 14.7. The number of rotatable bonds is 7. The Morgan fingerprint density at radius 1 is 1.50 bits per heavy atom. The first-order valence-electron chi connectivity index (χ1n) is 5.68. The largest absolute Gasteiger partial charge is 0.485 e. The molecule has 100 valence electrons. The van der Waals surface area contributed by atoms with Crippen LogP contribution in [0.1, 0.15) is 19.8 Å². The summed E-state index contributed by atoms with van der Waals surface area (Å²) in [6.07, 6.45) is 1.52. The van der Waals surface area contributed by atoms with E-state index in [-0.39, 0.29) is 18.0 Å². The lowest BCUT2D eigenvalue weighted by Gasteiger charge is -2.11. The van der Waals surface area contributed by atoms with E-state index < -0.39 is 10.7 Å². The Morgan fingerprint density at radius 3 is 2.83 bits per heavy atom. The fourth-order valence-electron chi connectivity index (χ4n) is 1.48. The molecule has 0 amide bonds. The van der Waals surface area contributed by atoms with Crippen LogP contribution in [0.2, 0.25) is 0 Å². The van der Waals surface area contributed by atoms with Gasteiger partial charge in [0.25, 0.3) is 0 Å². The Bertz CT molecular complexity index is 414. The molecule has 1 unspecified atom stereocenters. The van der Waals surface area contributed by atoms with Crippen molar-refractivity contribution >= 4 is 17.3 Å². The molecule has 18 heavy (non-hydrogen) atoms. The highest BCUT2D eigenvalue weighted by Gasteiger charge is 2.19. The predicted molar refractivity (Wildman–Crippen MR) is 67.7 cm³/mol. The van der Waals surface area contributed by atoms with Crippen LogP contribution in [0.3, 0.4) is 0 Å². The summed E-state index contributed by atoms with van der Waals surface area (Å²) in [6.45, 7) is 2.24. The van der Waals surface area contributed by atoms with Crippen LogP contribution >= 0.6 is 11.6 Å². The molecule has 0 aliphatic heterocycles. The third-order valence-electron chi connectivity index (χ3n) is 2.60.